The van der Waals surface area contributed by atoms with Gasteiger partial charge in [-0.2, -0.15) is 0 Å². The van der Waals surface area contributed by atoms with Gasteiger partial charge in [-0.3, -0.25) is 0 Å². The molecule has 0 aliphatic carbocycles. The Morgan fingerprint density at radius 3 is 1.25 bits per heavy atom. The van der Waals surface area contributed by atoms with E-state index in [2.05, 4.69) is 0 Å². The molecule has 0 unspecified atom stereocenters. The van der Waals surface area contributed by atoms with Gasteiger partial charge in [0.15, 0.2) is 0 Å². The van der Waals surface area contributed by atoms with Crippen molar-refractivity contribution in [3.8, 4) is 0 Å². The minimum absolute atomic E-state index is 0. The summed E-state index contributed by atoms with van der Waals surface area (Å²) in [5.41, 5.74) is 0. The smallest absolute Gasteiger partial charge is 0 e. The SMILES string of the molecule is [OH][SnH3].[SnH4].[Zn]. The summed E-state index contributed by atoms with van der Waals surface area (Å²) in [6.45, 7) is 0. The molecule has 0 fully saturated rings. The van der Waals surface area contributed by atoms with E-state index in [1.165, 1.54) is 0 Å². The van der Waals surface area contributed by atoms with Crippen molar-refractivity contribution in [1.82, 2.24) is 0 Å². The van der Waals surface area contributed by atoms with Crippen LogP contribution in [0.3, 0.4) is 0 Å². The van der Waals surface area contributed by atoms with Crippen molar-refractivity contribution < 1.29 is 22.9 Å². The van der Waals surface area contributed by atoms with Crippen LogP contribution in [-0.4, -0.2) is 50.3 Å². The zero-order chi connectivity index (χ0) is 2.00. The van der Waals surface area contributed by atoms with Gasteiger partial charge in [-0.05, 0) is 0 Å². The molecule has 0 aromatic heterocycles. The molecule has 4 heteroatoms. The fraction of sp³-hybridized carbons (Fsp3) is 0. The minimum atomic E-state index is -0.0500. The average Bonchev–Trinajstić information content (AvgIpc) is 1.00. The second-order valence-electron chi connectivity index (χ2n) is 0. The second kappa shape index (κ2) is 19.0. The van der Waals surface area contributed by atoms with Crippen LogP contribution < -0.4 is 0 Å². The number of rotatable bonds is 0. The van der Waals surface area contributed by atoms with E-state index in [1.807, 2.05) is 0 Å². The van der Waals surface area contributed by atoms with Gasteiger partial charge in [-0.25, -0.2) is 0 Å². The molecule has 0 heterocycles. The molecule has 0 aliphatic rings. The Bertz CT molecular complexity index is 6.00. The van der Waals surface area contributed by atoms with Crippen LogP contribution in [0.15, 0.2) is 0 Å². The maximum Gasteiger partial charge on any atom is 0 e. The van der Waals surface area contributed by atoms with Gasteiger partial charge in [-0.15, -0.1) is 0 Å². The van der Waals surface area contributed by atoms with Gasteiger partial charge in [0.1, 0.15) is 0 Å². The molecule has 0 spiro atoms. The van der Waals surface area contributed by atoms with Gasteiger partial charge < -0.3 is 0 Å². The molecule has 0 amide bonds. The van der Waals surface area contributed by atoms with E-state index >= 15 is 0 Å². The van der Waals surface area contributed by atoms with Crippen molar-refractivity contribution in [3.63, 3.8) is 0 Å². The fourth-order valence-corrected chi connectivity index (χ4v) is 0. The van der Waals surface area contributed by atoms with Crippen LogP contribution in [0, 0.1) is 0 Å². The zero-order valence-corrected chi connectivity index (χ0v) is 10.8. The van der Waals surface area contributed by atoms with Crippen molar-refractivity contribution in [2.75, 3.05) is 0 Å². The van der Waals surface area contributed by atoms with Gasteiger partial charge in [0, 0.05) is 19.5 Å². The van der Waals surface area contributed by atoms with Crippen LogP contribution in [0.2, 0.25) is 0 Å². The topological polar surface area (TPSA) is 20.2 Å². The van der Waals surface area contributed by atoms with Crippen LogP contribution in [0.5, 0.6) is 0 Å². The molecule has 0 saturated heterocycles. The molecule has 0 atom stereocenters. The first-order valence-corrected chi connectivity index (χ1v) is 3.00. The van der Waals surface area contributed by atoms with Crippen molar-refractivity contribution in [3.05, 3.63) is 0 Å². The van der Waals surface area contributed by atoms with Crippen LogP contribution in [0.1, 0.15) is 0 Å². The van der Waals surface area contributed by atoms with E-state index in [0.29, 0.717) is 0 Å². The van der Waals surface area contributed by atoms with Crippen LogP contribution in [0.25, 0.3) is 0 Å². The van der Waals surface area contributed by atoms with Gasteiger partial charge in [-0.1, -0.05) is 0 Å². The zero-order valence-electron chi connectivity index (χ0n) is 2.15. The maximum atomic E-state index is 7.21. The molecule has 0 aliphatic heterocycles. The predicted octanol–water partition coefficient (Wildman–Crippen LogP) is -3.20. The second-order valence-corrected chi connectivity index (χ2v) is 0. The summed E-state index contributed by atoms with van der Waals surface area (Å²) in [6.07, 6.45) is 0. The maximum absolute atomic E-state index is 7.21. The Balaban J connectivity index is -0.00000000500. The molecule has 0 radical (unpaired) electrons. The Morgan fingerprint density at radius 1 is 1.25 bits per heavy atom. The summed E-state index contributed by atoms with van der Waals surface area (Å²) >= 11 is -0.0500. The normalized spacial score (nSPS) is 2.25. The minimum Gasteiger partial charge on any atom is 0 e. The molecule has 1 nitrogen and oxygen atoms in total. The summed E-state index contributed by atoms with van der Waals surface area (Å²) in [7, 11) is 0. The first-order valence-electron chi connectivity index (χ1n) is 0.447. The fourth-order valence-electron chi connectivity index (χ4n) is 0. The van der Waals surface area contributed by atoms with E-state index in [-0.39, 0.29) is 66.3 Å². The largest absolute Gasteiger partial charge is 0 e. The molecule has 0 aromatic rings. The van der Waals surface area contributed by atoms with Crippen molar-refractivity contribution in [2.24, 2.45) is 0 Å². The number of hydrogen-bond acceptors (Lipinski definition) is 1. The molecule has 0 bridgehead atoms. The first kappa shape index (κ1) is 16.4. The van der Waals surface area contributed by atoms with E-state index < -0.39 is 0 Å². The molecular formula is H8OSn2Zn. The molecule has 1 N–H and O–H groups in total. The molecule has 4 heavy (non-hydrogen) atoms. The van der Waals surface area contributed by atoms with Gasteiger partial charge >= 0.3 is 50.3 Å². The molecule has 0 saturated carbocycles. The summed E-state index contributed by atoms with van der Waals surface area (Å²) < 4.78 is 7.21. The third-order valence-corrected chi connectivity index (χ3v) is 0. The van der Waals surface area contributed by atoms with Crippen LogP contribution in [0.4, 0.5) is 0 Å². The molecule has 0 rings (SSSR count). The average molecular weight is 327 g/mol. The van der Waals surface area contributed by atoms with Crippen LogP contribution >= 0.6 is 0 Å². The molecule has 0 aromatic carbocycles. The van der Waals surface area contributed by atoms with Crippen LogP contribution in [-0.2, 0) is 19.5 Å². The summed E-state index contributed by atoms with van der Waals surface area (Å²) in [5.74, 6) is 0. The quantitative estimate of drug-likeness (QED) is 0.465. The summed E-state index contributed by atoms with van der Waals surface area (Å²) in [5, 5.41) is 0. The third kappa shape index (κ3) is 8.89. The van der Waals surface area contributed by atoms with E-state index in [9.17, 15) is 0 Å². The Hall–Kier alpha value is 2.18. The Morgan fingerprint density at radius 2 is 1.25 bits per heavy atom. The van der Waals surface area contributed by atoms with Gasteiger partial charge in [0.2, 0.25) is 0 Å². The Labute approximate surface area is 68.9 Å². The van der Waals surface area contributed by atoms with Gasteiger partial charge in [0.25, 0.3) is 0 Å². The van der Waals surface area contributed by atoms with Crippen molar-refractivity contribution in [1.29, 1.82) is 0 Å². The molecular weight excluding hydrogens is 319 g/mol. The first-order chi connectivity index (χ1) is 1.00. The number of hydrogen-bond donors (Lipinski definition) is 1. The van der Waals surface area contributed by atoms with Crippen molar-refractivity contribution >= 4 is 46.8 Å². The van der Waals surface area contributed by atoms with Gasteiger partial charge in [0.05, 0.1) is 0 Å². The van der Waals surface area contributed by atoms with E-state index in [0.717, 1.165) is 0 Å². The summed E-state index contributed by atoms with van der Waals surface area (Å²) in [4.78, 5) is 0. The molecule has 24 valence electrons. The standard InChI is InChI=1S/H2O.2Sn.Zn.7H/h1H2;;;;;;;;;;/q;;+1;;;;;;;;/p-1. The van der Waals surface area contributed by atoms with E-state index in [4.69, 9.17) is 3.44 Å². The Kier molecular flexibility index (Phi) is 78.1. The van der Waals surface area contributed by atoms with Crippen molar-refractivity contribution in [2.45, 2.75) is 0 Å². The monoisotopic (exact) mass is 328 g/mol. The summed E-state index contributed by atoms with van der Waals surface area (Å²) in [6, 6.07) is 0. The third-order valence-electron chi connectivity index (χ3n) is 0. The van der Waals surface area contributed by atoms with E-state index in [1.54, 1.807) is 0 Å². The predicted molar refractivity (Wildman–Crippen MR) is 23.5 cm³/mol.